The summed E-state index contributed by atoms with van der Waals surface area (Å²) in [6, 6.07) is 9.32. The van der Waals surface area contributed by atoms with Crippen LogP contribution in [0.1, 0.15) is 10.4 Å². The van der Waals surface area contributed by atoms with Gasteiger partial charge in [-0.15, -0.1) is 0 Å². The smallest absolute Gasteiger partial charge is 0.253 e. The maximum atomic E-state index is 11.1. The Labute approximate surface area is 91.0 Å². The minimum atomic E-state index is -0.410. The Bertz CT molecular complexity index is 448. The molecule has 1 aromatic carbocycles. The molecule has 0 saturated carbocycles. The Kier molecular flexibility index (Phi) is 2.66. The lowest BCUT2D eigenvalue weighted by atomic mass is 10.0. The van der Waals surface area contributed by atoms with Crippen LogP contribution in [-0.2, 0) is 0 Å². The zero-order chi connectivity index (χ0) is 9.97. The second-order valence-corrected chi connectivity index (χ2v) is 3.95. The molecule has 1 aromatic heterocycles. The van der Waals surface area contributed by atoms with Crippen molar-refractivity contribution in [3.8, 4) is 11.1 Å². The lowest BCUT2D eigenvalue weighted by Gasteiger charge is -2.02. The van der Waals surface area contributed by atoms with E-state index in [1.807, 2.05) is 35.0 Å². The third kappa shape index (κ3) is 1.72. The molecule has 2 rings (SSSR count). The standard InChI is InChI=1S/C11H7ClOS/c12-11(13)10-4-2-1-3-9(10)8-5-6-14-7-8/h1-7H. The van der Waals surface area contributed by atoms with Crippen LogP contribution < -0.4 is 0 Å². The number of halogens is 1. The lowest BCUT2D eigenvalue weighted by molar-refractivity contribution is 0.108. The van der Waals surface area contributed by atoms with Crippen LogP contribution >= 0.6 is 22.9 Å². The van der Waals surface area contributed by atoms with Gasteiger partial charge in [0.2, 0.25) is 0 Å². The molecule has 1 nitrogen and oxygen atoms in total. The molecule has 3 heteroatoms. The monoisotopic (exact) mass is 222 g/mol. The van der Waals surface area contributed by atoms with Crippen LogP contribution in [0.15, 0.2) is 41.1 Å². The van der Waals surface area contributed by atoms with Gasteiger partial charge >= 0.3 is 0 Å². The van der Waals surface area contributed by atoms with Crippen LogP contribution in [-0.4, -0.2) is 5.24 Å². The second-order valence-electron chi connectivity index (χ2n) is 2.83. The molecule has 0 spiro atoms. The molecule has 0 radical (unpaired) electrons. The normalized spacial score (nSPS) is 10.1. The summed E-state index contributed by atoms with van der Waals surface area (Å²) >= 11 is 7.09. The number of thiophene rings is 1. The van der Waals surface area contributed by atoms with E-state index in [2.05, 4.69) is 0 Å². The molecule has 0 atom stereocenters. The van der Waals surface area contributed by atoms with Gasteiger partial charge in [0.25, 0.3) is 5.24 Å². The zero-order valence-corrected chi connectivity index (χ0v) is 8.81. The summed E-state index contributed by atoms with van der Waals surface area (Å²) in [4.78, 5) is 11.1. The fraction of sp³-hybridized carbons (Fsp3) is 0. The first-order chi connectivity index (χ1) is 6.79. The van der Waals surface area contributed by atoms with Crippen molar-refractivity contribution in [2.24, 2.45) is 0 Å². The van der Waals surface area contributed by atoms with E-state index >= 15 is 0 Å². The number of hydrogen-bond donors (Lipinski definition) is 0. The molecule has 1 heterocycles. The van der Waals surface area contributed by atoms with Gasteiger partial charge in [0.15, 0.2) is 0 Å². The first-order valence-corrected chi connectivity index (χ1v) is 5.42. The molecular formula is C11H7ClOS. The Morgan fingerprint density at radius 3 is 2.64 bits per heavy atom. The molecule has 70 valence electrons. The van der Waals surface area contributed by atoms with Gasteiger partial charge in [0.1, 0.15) is 0 Å². The Hall–Kier alpha value is -1.12. The van der Waals surface area contributed by atoms with Crippen LogP contribution in [0.3, 0.4) is 0 Å². The highest BCUT2D eigenvalue weighted by molar-refractivity contribution is 7.08. The van der Waals surface area contributed by atoms with Gasteiger partial charge in [0, 0.05) is 5.56 Å². The van der Waals surface area contributed by atoms with Crippen molar-refractivity contribution in [3.05, 3.63) is 46.7 Å². The fourth-order valence-electron chi connectivity index (χ4n) is 1.32. The number of hydrogen-bond acceptors (Lipinski definition) is 2. The highest BCUT2D eigenvalue weighted by atomic mass is 35.5. The predicted octanol–water partition coefficient (Wildman–Crippen LogP) is 3.79. The Morgan fingerprint density at radius 1 is 1.21 bits per heavy atom. The third-order valence-electron chi connectivity index (χ3n) is 1.97. The van der Waals surface area contributed by atoms with Crippen LogP contribution in [0.5, 0.6) is 0 Å². The average molecular weight is 223 g/mol. The van der Waals surface area contributed by atoms with Gasteiger partial charge in [-0.2, -0.15) is 11.3 Å². The van der Waals surface area contributed by atoms with Crippen molar-refractivity contribution in [3.63, 3.8) is 0 Å². The minimum Gasteiger partial charge on any atom is -0.276 e. The average Bonchev–Trinajstić information content (AvgIpc) is 2.70. The van der Waals surface area contributed by atoms with Crippen molar-refractivity contribution >= 4 is 28.2 Å². The van der Waals surface area contributed by atoms with E-state index in [1.54, 1.807) is 17.4 Å². The van der Waals surface area contributed by atoms with E-state index in [0.29, 0.717) is 5.56 Å². The van der Waals surface area contributed by atoms with E-state index in [9.17, 15) is 4.79 Å². The topological polar surface area (TPSA) is 17.1 Å². The van der Waals surface area contributed by atoms with Crippen molar-refractivity contribution in [2.75, 3.05) is 0 Å². The lowest BCUT2D eigenvalue weighted by Crippen LogP contribution is -1.91. The van der Waals surface area contributed by atoms with Crippen LogP contribution in [0.2, 0.25) is 0 Å². The number of carbonyl (C=O) groups excluding carboxylic acids is 1. The molecule has 0 unspecified atom stereocenters. The van der Waals surface area contributed by atoms with E-state index in [1.165, 1.54) is 0 Å². The molecule has 0 aliphatic heterocycles. The molecular weight excluding hydrogens is 216 g/mol. The van der Waals surface area contributed by atoms with Crippen LogP contribution in [0, 0.1) is 0 Å². The largest absolute Gasteiger partial charge is 0.276 e. The highest BCUT2D eigenvalue weighted by Crippen LogP contribution is 2.26. The van der Waals surface area contributed by atoms with Gasteiger partial charge in [0.05, 0.1) is 0 Å². The SMILES string of the molecule is O=C(Cl)c1ccccc1-c1ccsc1. The molecule has 0 aliphatic rings. The first kappa shape index (κ1) is 9.44. The summed E-state index contributed by atoms with van der Waals surface area (Å²) < 4.78 is 0. The molecule has 14 heavy (non-hydrogen) atoms. The van der Waals surface area contributed by atoms with Crippen molar-refractivity contribution < 1.29 is 4.79 Å². The number of carbonyl (C=O) groups is 1. The highest BCUT2D eigenvalue weighted by Gasteiger charge is 2.09. The van der Waals surface area contributed by atoms with Gasteiger partial charge in [-0.1, -0.05) is 18.2 Å². The molecule has 0 amide bonds. The van der Waals surface area contributed by atoms with Gasteiger partial charge < -0.3 is 0 Å². The number of rotatable bonds is 2. The summed E-state index contributed by atoms with van der Waals surface area (Å²) in [5.41, 5.74) is 2.50. The Morgan fingerprint density at radius 2 is 2.00 bits per heavy atom. The molecule has 0 N–H and O–H groups in total. The summed E-state index contributed by atoms with van der Waals surface area (Å²) in [5.74, 6) is 0. The van der Waals surface area contributed by atoms with E-state index < -0.39 is 5.24 Å². The van der Waals surface area contributed by atoms with Crippen LogP contribution in [0.4, 0.5) is 0 Å². The van der Waals surface area contributed by atoms with E-state index in [4.69, 9.17) is 11.6 Å². The first-order valence-electron chi connectivity index (χ1n) is 4.10. The second kappa shape index (κ2) is 3.95. The van der Waals surface area contributed by atoms with Crippen molar-refractivity contribution in [1.29, 1.82) is 0 Å². The molecule has 0 saturated heterocycles. The van der Waals surface area contributed by atoms with Crippen molar-refractivity contribution in [2.45, 2.75) is 0 Å². The number of benzene rings is 1. The summed E-state index contributed by atoms with van der Waals surface area (Å²) in [7, 11) is 0. The zero-order valence-electron chi connectivity index (χ0n) is 7.24. The predicted molar refractivity (Wildman–Crippen MR) is 59.9 cm³/mol. The maximum Gasteiger partial charge on any atom is 0.253 e. The minimum absolute atomic E-state index is 0.410. The fourth-order valence-corrected chi connectivity index (χ4v) is 2.14. The molecule has 2 aromatic rings. The summed E-state index contributed by atoms with van der Waals surface area (Å²) in [5, 5.41) is 3.57. The third-order valence-corrected chi connectivity index (χ3v) is 2.86. The Balaban J connectivity index is 2.58. The molecule has 0 bridgehead atoms. The maximum absolute atomic E-state index is 11.1. The summed E-state index contributed by atoms with van der Waals surface area (Å²) in [6.07, 6.45) is 0. The van der Waals surface area contributed by atoms with Gasteiger partial charge in [-0.25, -0.2) is 0 Å². The molecule has 0 aliphatic carbocycles. The van der Waals surface area contributed by atoms with Crippen LogP contribution in [0.25, 0.3) is 11.1 Å². The van der Waals surface area contributed by atoms with E-state index in [0.717, 1.165) is 11.1 Å². The van der Waals surface area contributed by atoms with Gasteiger partial charge in [-0.3, -0.25) is 4.79 Å². The van der Waals surface area contributed by atoms with Gasteiger partial charge in [-0.05, 0) is 45.6 Å². The van der Waals surface area contributed by atoms with E-state index in [-0.39, 0.29) is 0 Å². The van der Waals surface area contributed by atoms with Crippen molar-refractivity contribution in [1.82, 2.24) is 0 Å². The quantitative estimate of drug-likeness (QED) is 0.707. The summed E-state index contributed by atoms with van der Waals surface area (Å²) in [6.45, 7) is 0. The molecule has 0 fully saturated rings.